The second-order valence-electron chi connectivity index (χ2n) is 9.77. The van der Waals surface area contributed by atoms with E-state index in [1.807, 2.05) is 0 Å². The summed E-state index contributed by atoms with van der Waals surface area (Å²) in [6.45, 7) is 0.931. The topological polar surface area (TPSA) is 162 Å². The zero-order chi connectivity index (χ0) is 32.0. The summed E-state index contributed by atoms with van der Waals surface area (Å²) >= 11 is 0. The van der Waals surface area contributed by atoms with Crippen LogP contribution in [0.25, 0.3) is 11.1 Å². The van der Waals surface area contributed by atoms with Crippen molar-refractivity contribution in [3.05, 3.63) is 90.6 Å². The maximum Gasteiger partial charge on any atom is 0.338 e. The molecule has 1 aliphatic rings. The van der Waals surface area contributed by atoms with Gasteiger partial charge in [-0.25, -0.2) is 4.79 Å². The first-order valence-corrected chi connectivity index (χ1v) is 13.5. The summed E-state index contributed by atoms with van der Waals surface area (Å²) in [7, 11) is 5.79. The van der Waals surface area contributed by atoms with Crippen LogP contribution in [0.2, 0.25) is 0 Å². The van der Waals surface area contributed by atoms with Crippen LogP contribution in [-0.4, -0.2) is 45.4 Å². The summed E-state index contributed by atoms with van der Waals surface area (Å²) in [5.74, 6) is 0.0829. The molecular formula is C31H32N2O11. The van der Waals surface area contributed by atoms with Gasteiger partial charge in [-0.3, -0.25) is 9.59 Å². The number of esters is 1. The lowest BCUT2D eigenvalue weighted by Crippen LogP contribution is -2.26. The Balaban J connectivity index is 1.85. The van der Waals surface area contributed by atoms with E-state index in [2.05, 4.69) is 10.2 Å². The highest BCUT2D eigenvalue weighted by Gasteiger charge is 2.33. The molecule has 0 aromatic heterocycles. The summed E-state index contributed by atoms with van der Waals surface area (Å²) in [5, 5.41) is 12.5. The third-order valence-electron chi connectivity index (χ3n) is 7.23. The molecule has 13 heteroatoms. The molecule has 1 aliphatic carbocycles. The lowest BCUT2D eigenvalue weighted by Gasteiger charge is -2.23. The Labute approximate surface area is 252 Å². The SMILES string of the molecule is COc1c(COC(=O)c2ccc(CO[N+](=O)[O-])cc2)c2c(c(OC)c1OC)-c1ccc(OC)c(=O)cc1C(NC(C)=O)CC2. The second-order valence-corrected chi connectivity index (χ2v) is 9.77. The van der Waals surface area contributed by atoms with Crippen molar-refractivity contribution >= 4 is 11.9 Å². The number of nitrogens with one attached hydrogen (secondary N) is 1. The van der Waals surface area contributed by atoms with Crippen LogP contribution in [0.4, 0.5) is 0 Å². The van der Waals surface area contributed by atoms with Gasteiger partial charge < -0.3 is 33.8 Å². The van der Waals surface area contributed by atoms with Gasteiger partial charge in [-0.2, -0.15) is 0 Å². The van der Waals surface area contributed by atoms with Gasteiger partial charge in [0.15, 0.2) is 17.2 Å². The number of carbonyl (C=O) groups excluding carboxylic acids is 2. The number of carbonyl (C=O) groups is 2. The molecule has 1 amide bonds. The fourth-order valence-corrected chi connectivity index (χ4v) is 5.33. The van der Waals surface area contributed by atoms with Gasteiger partial charge in [-0.15, -0.1) is 10.1 Å². The van der Waals surface area contributed by atoms with E-state index in [4.69, 9.17) is 23.7 Å². The molecule has 44 heavy (non-hydrogen) atoms. The van der Waals surface area contributed by atoms with Crippen molar-refractivity contribution in [1.29, 1.82) is 0 Å². The average molecular weight is 609 g/mol. The fraction of sp³-hybridized carbons (Fsp3) is 0.323. The Hall–Kier alpha value is -5.33. The van der Waals surface area contributed by atoms with Crippen LogP contribution in [0.5, 0.6) is 23.0 Å². The molecule has 0 radical (unpaired) electrons. The van der Waals surface area contributed by atoms with Gasteiger partial charge in [0.2, 0.25) is 17.1 Å². The normalized spacial score (nSPS) is 13.3. The predicted molar refractivity (Wildman–Crippen MR) is 157 cm³/mol. The van der Waals surface area contributed by atoms with E-state index in [9.17, 15) is 24.5 Å². The Morgan fingerprint density at radius 3 is 2.20 bits per heavy atom. The highest BCUT2D eigenvalue weighted by atomic mass is 16.9. The monoisotopic (exact) mass is 608 g/mol. The number of ether oxygens (including phenoxy) is 5. The van der Waals surface area contributed by atoms with Crippen molar-refractivity contribution < 1.29 is 43.2 Å². The first kappa shape index (κ1) is 31.6. The molecule has 0 bridgehead atoms. The van der Waals surface area contributed by atoms with E-state index < -0.39 is 17.1 Å². The molecule has 0 spiro atoms. The standard InChI is InChI=1S/C31H32N2O11/c1-17(34)32-24-12-10-21-23(16-43-31(36)19-8-6-18(7-9-19)15-44-33(37)38)28(40-3)30(42-5)29(41-4)27(21)20-11-13-26(39-2)25(35)14-22(20)24/h6-9,11,13-14,24H,10,12,15-16H2,1-5H3,(H,32,34). The Morgan fingerprint density at radius 2 is 1.61 bits per heavy atom. The Bertz CT molecular complexity index is 1640. The van der Waals surface area contributed by atoms with E-state index in [0.717, 1.165) is 0 Å². The van der Waals surface area contributed by atoms with Gasteiger partial charge in [-0.05, 0) is 59.4 Å². The molecule has 1 N–H and O–H groups in total. The first-order valence-electron chi connectivity index (χ1n) is 13.5. The molecule has 4 rings (SSSR count). The van der Waals surface area contributed by atoms with Gasteiger partial charge in [-0.1, -0.05) is 18.2 Å². The van der Waals surface area contributed by atoms with Crippen molar-refractivity contribution in [3.8, 4) is 34.1 Å². The summed E-state index contributed by atoms with van der Waals surface area (Å²) < 4.78 is 28.4. The summed E-state index contributed by atoms with van der Waals surface area (Å²) in [6.07, 6.45) is 0.789. The van der Waals surface area contributed by atoms with E-state index in [1.165, 1.54) is 65.7 Å². The molecule has 0 saturated heterocycles. The quantitative estimate of drug-likeness (QED) is 0.191. The predicted octanol–water partition coefficient (Wildman–Crippen LogP) is 3.94. The van der Waals surface area contributed by atoms with Crippen LogP contribution in [-0.2, 0) is 34.0 Å². The number of nitrogens with zero attached hydrogens (tertiary/aromatic N) is 1. The highest BCUT2D eigenvalue weighted by Crippen LogP contribution is 2.52. The van der Waals surface area contributed by atoms with Crippen molar-refractivity contribution in [1.82, 2.24) is 5.32 Å². The molecule has 232 valence electrons. The van der Waals surface area contributed by atoms with Crippen LogP contribution in [0.3, 0.4) is 0 Å². The number of amides is 1. The molecule has 0 heterocycles. The lowest BCUT2D eigenvalue weighted by atomic mass is 9.91. The van der Waals surface area contributed by atoms with Gasteiger partial charge in [0, 0.05) is 18.1 Å². The zero-order valence-electron chi connectivity index (χ0n) is 24.9. The number of hydrogen-bond acceptors (Lipinski definition) is 11. The van der Waals surface area contributed by atoms with Gasteiger partial charge in [0.05, 0.1) is 40.0 Å². The molecular weight excluding hydrogens is 576 g/mol. The minimum atomic E-state index is -0.894. The molecule has 3 aromatic rings. The van der Waals surface area contributed by atoms with Gasteiger partial charge >= 0.3 is 5.97 Å². The van der Waals surface area contributed by atoms with Crippen LogP contribution in [0.1, 0.15) is 52.0 Å². The van der Waals surface area contributed by atoms with Crippen LogP contribution < -0.4 is 29.7 Å². The molecule has 13 nitrogen and oxygen atoms in total. The molecule has 0 fully saturated rings. The third kappa shape index (κ3) is 6.51. The fourth-order valence-electron chi connectivity index (χ4n) is 5.33. The number of methoxy groups -OCH3 is 4. The first-order chi connectivity index (χ1) is 21.1. The summed E-state index contributed by atoms with van der Waals surface area (Å²) in [5.41, 5.74) is 3.33. The number of rotatable bonds is 11. The van der Waals surface area contributed by atoms with Gasteiger partial charge in [0.1, 0.15) is 13.2 Å². The van der Waals surface area contributed by atoms with Gasteiger partial charge in [0.25, 0.3) is 5.09 Å². The minimum absolute atomic E-state index is 0.116. The Morgan fingerprint density at radius 1 is 0.932 bits per heavy atom. The zero-order valence-corrected chi connectivity index (χ0v) is 24.9. The number of hydrogen-bond donors (Lipinski definition) is 1. The van der Waals surface area contributed by atoms with E-state index in [1.54, 1.807) is 12.1 Å². The number of benzene rings is 2. The van der Waals surface area contributed by atoms with Crippen LogP contribution in [0, 0.1) is 10.1 Å². The molecule has 0 aliphatic heterocycles. The smallest absolute Gasteiger partial charge is 0.338 e. The number of fused-ring (bicyclic) bond motifs is 3. The third-order valence-corrected chi connectivity index (χ3v) is 7.23. The van der Waals surface area contributed by atoms with Crippen molar-refractivity contribution in [2.24, 2.45) is 0 Å². The average Bonchev–Trinajstić information content (AvgIpc) is 3.26. The second kappa shape index (κ2) is 13.8. The summed E-state index contributed by atoms with van der Waals surface area (Å²) in [4.78, 5) is 53.1. The molecule has 3 aromatic carbocycles. The lowest BCUT2D eigenvalue weighted by molar-refractivity contribution is -0.763. The van der Waals surface area contributed by atoms with E-state index in [-0.39, 0.29) is 41.6 Å². The van der Waals surface area contributed by atoms with E-state index >= 15 is 0 Å². The largest absolute Gasteiger partial charge is 0.493 e. The van der Waals surface area contributed by atoms with Crippen molar-refractivity contribution in [3.63, 3.8) is 0 Å². The van der Waals surface area contributed by atoms with Crippen LogP contribution >= 0.6 is 0 Å². The maximum absolute atomic E-state index is 13.1. The minimum Gasteiger partial charge on any atom is -0.493 e. The highest BCUT2D eigenvalue weighted by molar-refractivity contribution is 5.90. The van der Waals surface area contributed by atoms with Crippen molar-refractivity contribution in [2.45, 2.75) is 39.0 Å². The van der Waals surface area contributed by atoms with Crippen LogP contribution in [0.15, 0.2) is 47.3 Å². The molecule has 1 atom stereocenters. The Kier molecular flexibility index (Phi) is 9.88. The van der Waals surface area contributed by atoms with Crippen molar-refractivity contribution in [2.75, 3.05) is 28.4 Å². The molecule has 1 unspecified atom stereocenters. The molecule has 0 saturated carbocycles. The summed E-state index contributed by atoms with van der Waals surface area (Å²) in [6, 6.07) is 10.2. The van der Waals surface area contributed by atoms with E-state index in [0.29, 0.717) is 57.7 Å². The maximum atomic E-state index is 13.1.